The smallest absolute Gasteiger partial charge is 0.253 e. The molecule has 0 aliphatic heterocycles. The van der Waals surface area contributed by atoms with Crippen LogP contribution >= 0.6 is 0 Å². The van der Waals surface area contributed by atoms with Crippen LogP contribution in [0.4, 0.5) is 5.69 Å². The highest BCUT2D eigenvalue weighted by Crippen LogP contribution is 2.12. The molecule has 1 N–H and O–H groups in total. The van der Waals surface area contributed by atoms with Crippen molar-refractivity contribution in [2.24, 2.45) is 0 Å². The van der Waals surface area contributed by atoms with Gasteiger partial charge in [0.05, 0.1) is 0 Å². The zero-order valence-corrected chi connectivity index (χ0v) is 10.9. The largest absolute Gasteiger partial charge is 0.372 e. The summed E-state index contributed by atoms with van der Waals surface area (Å²) >= 11 is 0. The van der Waals surface area contributed by atoms with Gasteiger partial charge in [-0.15, -0.1) is 0 Å². The average Bonchev–Trinajstić information content (AvgIpc) is 2.27. The Kier molecular flexibility index (Phi) is 5.12. The van der Waals surface area contributed by atoms with Gasteiger partial charge in [0, 0.05) is 19.3 Å². The lowest BCUT2D eigenvalue weighted by atomic mass is 10.2. The molecule has 0 aliphatic carbocycles. The third kappa shape index (κ3) is 4.54. The summed E-state index contributed by atoms with van der Waals surface area (Å²) in [6.07, 6.45) is -0.437. The van der Waals surface area contributed by atoms with Crippen molar-refractivity contribution in [3.05, 3.63) is 29.8 Å². The number of methoxy groups -OCH3 is 1. The van der Waals surface area contributed by atoms with E-state index in [0.717, 1.165) is 17.8 Å². The molecule has 0 saturated heterocycles. The van der Waals surface area contributed by atoms with E-state index in [0.29, 0.717) is 0 Å². The zero-order chi connectivity index (χ0) is 12.8. The van der Waals surface area contributed by atoms with Gasteiger partial charge in [-0.2, -0.15) is 0 Å². The molecule has 0 aliphatic rings. The number of anilines is 1. The Morgan fingerprint density at radius 2 is 2.18 bits per heavy atom. The molecule has 0 bridgehead atoms. The molecule has 1 aromatic rings. The Balaban J connectivity index is 2.68. The van der Waals surface area contributed by atoms with Gasteiger partial charge in [-0.3, -0.25) is 4.79 Å². The summed E-state index contributed by atoms with van der Waals surface area (Å²) in [7, 11) is 5.54. The summed E-state index contributed by atoms with van der Waals surface area (Å²) in [5.74, 6) is -0.130. The van der Waals surface area contributed by atoms with Crippen molar-refractivity contribution in [3.8, 4) is 0 Å². The molecular formula is C13H20N2O2. The number of benzene rings is 1. The molecule has 4 heteroatoms. The molecule has 0 spiro atoms. The van der Waals surface area contributed by atoms with Gasteiger partial charge in [-0.05, 0) is 38.7 Å². The van der Waals surface area contributed by atoms with Gasteiger partial charge in [-0.25, -0.2) is 0 Å². The molecule has 94 valence electrons. The van der Waals surface area contributed by atoms with Gasteiger partial charge < -0.3 is 15.0 Å². The van der Waals surface area contributed by atoms with Crippen LogP contribution in [0.15, 0.2) is 24.3 Å². The number of nitrogens with one attached hydrogen (secondary N) is 1. The molecule has 0 saturated carbocycles. The summed E-state index contributed by atoms with van der Waals surface area (Å²) in [5, 5.41) is 2.82. The molecule has 0 heterocycles. The van der Waals surface area contributed by atoms with E-state index in [4.69, 9.17) is 4.74 Å². The summed E-state index contributed by atoms with van der Waals surface area (Å²) in [6, 6.07) is 7.82. The van der Waals surface area contributed by atoms with Gasteiger partial charge in [0.15, 0.2) is 0 Å². The maximum absolute atomic E-state index is 11.6. The van der Waals surface area contributed by atoms with Crippen LogP contribution in [0, 0.1) is 0 Å². The van der Waals surface area contributed by atoms with Crippen LogP contribution in [0.25, 0.3) is 0 Å². The number of rotatable bonds is 5. The van der Waals surface area contributed by atoms with Crippen LogP contribution in [0.1, 0.15) is 12.5 Å². The van der Waals surface area contributed by atoms with Gasteiger partial charge in [-0.1, -0.05) is 12.1 Å². The molecule has 1 unspecified atom stereocenters. The first-order valence-corrected chi connectivity index (χ1v) is 5.60. The molecule has 4 nitrogen and oxygen atoms in total. The molecule has 0 aromatic heterocycles. The number of hydrogen-bond donors (Lipinski definition) is 1. The van der Waals surface area contributed by atoms with Crippen molar-refractivity contribution in [3.63, 3.8) is 0 Å². The lowest BCUT2D eigenvalue weighted by Crippen LogP contribution is -2.26. The molecule has 0 radical (unpaired) electrons. The molecule has 17 heavy (non-hydrogen) atoms. The Morgan fingerprint density at radius 1 is 1.47 bits per heavy atom. The van der Waals surface area contributed by atoms with E-state index < -0.39 is 6.10 Å². The number of nitrogens with zero attached hydrogens (tertiary/aromatic N) is 1. The minimum atomic E-state index is -0.437. The average molecular weight is 236 g/mol. The lowest BCUT2D eigenvalue weighted by Gasteiger charge is -2.13. The molecule has 1 atom stereocenters. The molecular weight excluding hydrogens is 216 g/mol. The van der Waals surface area contributed by atoms with Crippen molar-refractivity contribution in [2.75, 3.05) is 26.5 Å². The SMILES string of the molecule is COC(C)C(=O)Nc1cccc(CN(C)C)c1. The molecule has 0 fully saturated rings. The summed E-state index contributed by atoms with van der Waals surface area (Å²) in [4.78, 5) is 13.7. The van der Waals surface area contributed by atoms with Crippen molar-refractivity contribution in [1.29, 1.82) is 0 Å². The van der Waals surface area contributed by atoms with Crippen LogP contribution in [-0.2, 0) is 16.1 Å². The van der Waals surface area contributed by atoms with Crippen LogP contribution in [0.5, 0.6) is 0 Å². The Labute approximate surface area is 103 Å². The van der Waals surface area contributed by atoms with Gasteiger partial charge >= 0.3 is 0 Å². The van der Waals surface area contributed by atoms with E-state index in [1.807, 2.05) is 38.4 Å². The number of amides is 1. The summed E-state index contributed by atoms with van der Waals surface area (Å²) in [6.45, 7) is 2.57. The first-order valence-electron chi connectivity index (χ1n) is 5.60. The normalized spacial score (nSPS) is 12.5. The predicted molar refractivity (Wildman–Crippen MR) is 68.9 cm³/mol. The maximum atomic E-state index is 11.6. The highest BCUT2D eigenvalue weighted by molar-refractivity contribution is 5.93. The fraction of sp³-hybridized carbons (Fsp3) is 0.462. The van der Waals surface area contributed by atoms with Gasteiger partial charge in [0.2, 0.25) is 0 Å². The third-order valence-electron chi connectivity index (χ3n) is 2.42. The first kappa shape index (κ1) is 13.7. The van der Waals surface area contributed by atoms with E-state index in [1.165, 1.54) is 7.11 Å². The topological polar surface area (TPSA) is 41.6 Å². The Hall–Kier alpha value is -1.39. The summed E-state index contributed by atoms with van der Waals surface area (Å²) in [5.41, 5.74) is 1.97. The second-order valence-corrected chi connectivity index (χ2v) is 4.31. The number of ether oxygens (including phenoxy) is 1. The van der Waals surface area contributed by atoms with Crippen molar-refractivity contribution in [2.45, 2.75) is 19.6 Å². The standard InChI is InChI=1S/C13H20N2O2/c1-10(17-4)13(16)14-12-7-5-6-11(8-12)9-15(2)3/h5-8,10H,9H2,1-4H3,(H,14,16). The fourth-order valence-electron chi connectivity index (χ4n) is 1.46. The zero-order valence-electron chi connectivity index (χ0n) is 10.9. The Bertz CT molecular complexity index is 377. The van der Waals surface area contributed by atoms with Crippen LogP contribution < -0.4 is 5.32 Å². The maximum Gasteiger partial charge on any atom is 0.253 e. The monoisotopic (exact) mass is 236 g/mol. The second-order valence-electron chi connectivity index (χ2n) is 4.31. The van der Waals surface area contributed by atoms with E-state index in [9.17, 15) is 4.79 Å². The number of carbonyl (C=O) groups is 1. The number of hydrogen-bond acceptors (Lipinski definition) is 3. The van der Waals surface area contributed by atoms with Crippen LogP contribution in [0.3, 0.4) is 0 Å². The predicted octanol–water partition coefficient (Wildman–Crippen LogP) is 1.72. The van der Waals surface area contributed by atoms with E-state index in [-0.39, 0.29) is 5.91 Å². The second kappa shape index (κ2) is 6.37. The molecule has 1 aromatic carbocycles. The van der Waals surface area contributed by atoms with Crippen molar-refractivity contribution >= 4 is 11.6 Å². The highest BCUT2D eigenvalue weighted by atomic mass is 16.5. The van der Waals surface area contributed by atoms with Crippen molar-refractivity contribution < 1.29 is 9.53 Å². The fourth-order valence-corrected chi connectivity index (χ4v) is 1.46. The van der Waals surface area contributed by atoms with Crippen LogP contribution in [0.2, 0.25) is 0 Å². The first-order chi connectivity index (χ1) is 8.02. The quantitative estimate of drug-likeness (QED) is 0.846. The summed E-state index contributed by atoms with van der Waals surface area (Å²) < 4.78 is 4.96. The van der Waals surface area contributed by atoms with Gasteiger partial charge in [0.1, 0.15) is 6.10 Å². The van der Waals surface area contributed by atoms with E-state index in [1.54, 1.807) is 6.92 Å². The lowest BCUT2D eigenvalue weighted by molar-refractivity contribution is -0.124. The highest BCUT2D eigenvalue weighted by Gasteiger charge is 2.11. The van der Waals surface area contributed by atoms with Crippen LogP contribution in [-0.4, -0.2) is 38.1 Å². The molecule has 1 amide bonds. The van der Waals surface area contributed by atoms with Crippen molar-refractivity contribution in [1.82, 2.24) is 4.90 Å². The molecule has 1 rings (SSSR count). The third-order valence-corrected chi connectivity index (χ3v) is 2.42. The van der Waals surface area contributed by atoms with E-state index in [2.05, 4.69) is 10.2 Å². The van der Waals surface area contributed by atoms with Gasteiger partial charge in [0.25, 0.3) is 5.91 Å². The minimum Gasteiger partial charge on any atom is -0.372 e. The minimum absolute atomic E-state index is 0.130. The number of carbonyl (C=O) groups excluding carboxylic acids is 1. The Morgan fingerprint density at radius 3 is 2.76 bits per heavy atom. The van der Waals surface area contributed by atoms with E-state index >= 15 is 0 Å².